The topological polar surface area (TPSA) is 66.9 Å². The van der Waals surface area contributed by atoms with Crippen molar-refractivity contribution in [2.24, 2.45) is 0 Å². The van der Waals surface area contributed by atoms with E-state index in [0.29, 0.717) is 37.7 Å². The summed E-state index contributed by atoms with van der Waals surface area (Å²) in [6.45, 7) is 4.11. The highest BCUT2D eigenvalue weighted by atomic mass is 19.4. The molecule has 10 heteroatoms. The molecule has 0 saturated carbocycles. The molecule has 2 saturated heterocycles. The number of likely N-dealkylation sites (tertiary alicyclic amines) is 1. The first-order valence-electron chi connectivity index (χ1n) is 14.4. The summed E-state index contributed by atoms with van der Waals surface area (Å²) in [7, 11) is 0. The molecule has 0 bridgehead atoms. The molecule has 3 unspecified atom stereocenters. The molecule has 3 aliphatic heterocycles. The van der Waals surface area contributed by atoms with Crippen molar-refractivity contribution in [3.63, 3.8) is 0 Å². The molecule has 1 aromatic heterocycles. The third-order valence-corrected chi connectivity index (χ3v) is 8.88. The molecular formula is C30H37F3N4O3. The molecule has 0 radical (unpaired) electrons. The van der Waals surface area contributed by atoms with Gasteiger partial charge in [-0.3, -0.25) is 19.6 Å². The Kier molecular flexibility index (Phi) is 8.12. The number of benzene rings is 1. The van der Waals surface area contributed by atoms with Gasteiger partial charge in [0.1, 0.15) is 0 Å². The van der Waals surface area contributed by atoms with Gasteiger partial charge in [-0.25, -0.2) is 0 Å². The molecule has 2 aromatic rings. The highest BCUT2D eigenvalue weighted by Crippen LogP contribution is 2.36. The molecule has 2 fully saturated rings. The number of amides is 1. The third-order valence-electron chi connectivity index (χ3n) is 8.88. The quantitative estimate of drug-likeness (QED) is 0.580. The van der Waals surface area contributed by atoms with Gasteiger partial charge in [0.25, 0.3) is 0 Å². The van der Waals surface area contributed by atoms with Crippen LogP contribution in [0.3, 0.4) is 0 Å². The van der Waals surface area contributed by atoms with Gasteiger partial charge < -0.3 is 14.8 Å². The average Bonchev–Trinajstić information content (AvgIpc) is 3.40. The smallest absolute Gasteiger partial charge is 0.381 e. The Bertz CT molecular complexity index is 1200. The zero-order valence-electron chi connectivity index (χ0n) is 22.7. The Morgan fingerprint density at radius 2 is 1.98 bits per heavy atom. The Morgan fingerprint density at radius 3 is 2.85 bits per heavy atom. The van der Waals surface area contributed by atoms with Crippen LogP contribution >= 0.6 is 0 Å². The van der Waals surface area contributed by atoms with Gasteiger partial charge in [0.2, 0.25) is 5.91 Å². The number of fused-ring (bicyclic) bond motifs is 2. The molecule has 4 aliphatic rings. The molecule has 7 nitrogen and oxygen atoms in total. The minimum atomic E-state index is -4.38. The van der Waals surface area contributed by atoms with E-state index in [2.05, 4.69) is 21.3 Å². The zero-order valence-corrected chi connectivity index (χ0v) is 22.7. The van der Waals surface area contributed by atoms with Gasteiger partial charge in [-0.2, -0.15) is 13.2 Å². The Balaban J connectivity index is 1.12. The first kappa shape index (κ1) is 27.6. The fourth-order valence-corrected chi connectivity index (χ4v) is 6.76. The molecule has 4 atom stereocenters. The van der Waals surface area contributed by atoms with Gasteiger partial charge in [-0.05, 0) is 73.4 Å². The van der Waals surface area contributed by atoms with Crippen LogP contribution in [-0.4, -0.2) is 78.3 Å². The number of aryl methyl sites for hydroxylation is 1. The second kappa shape index (κ2) is 11.8. The number of alkyl halides is 3. The van der Waals surface area contributed by atoms with Crippen molar-refractivity contribution in [1.29, 1.82) is 0 Å². The van der Waals surface area contributed by atoms with Crippen LogP contribution in [0, 0.1) is 0 Å². The van der Waals surface area contributed by atoms with Gasteiger partial charge in [-0.1, -0.05) is 6.07 Å². The van der Waals surface area contributed by atoms with Crippen LogP contribution in [0.4, 0.5) is 13.2 Å². The number of hydrogen-bond acceptors (Lipinski definition) is 6. The van der Waals surface area contributed by atoms with E-state index in [0.717, 1.165) is 69.1 Å². The van der Waals surface area contributed by atoms with E-state index in [1.807, 2.05) is 17.3 Å². The number of nitrogens with one attached hydrogen (secondary N) is 1. The standard InChI is InChI=1S/C30H37F3N4O3/c31-30(32,33)23-5-3-20-8-11-36(16-22(20)14-23)19-29(38)35-26-17-37(24-2-1-12-39-13-9-24)18-28(26)40-27-6-4-21-7-10-34-15-25(21)27/h3,5,7,10,14-15,24,26-28H,1-2,4,6,8-9,11-13,16-19H2,(H,35,38)/t24?,26?,27?,28-/m0/s1. The maximum atomic E-state index is 13.3. The lowest BCUT2D eigenvalue weighted by atomic mass is 9.97. The van der Waals surface area contributed by atoms with Gasteiger partial charge in [0.15, 0.2) is 0 Å². The normalized spacial score (nSPS) is 27.7. The molecule has 1 aliphatic carbocycles. The molecule has 1 amide bonds. The molecule has 1 N–H and O–H groups in total. The molecule has 0 spiro atoms. The Labute approximate surface area is 233 Å². The number of nitrogens with zero attached hydrogens (tertiary/aromatic N) is 3. The van der Waals surface area contributed by atoms with Crippen molar-refractivity contribution >= 4 is 5.91 Å². The maximum Gasteiger partial charge on any atom is 0.416 e. The predicted octanol–water partition coefficient (Wildman–Crippen LogP) is 3.90. The van der Waals surface area contributed by atoms with E-state index < -0.39 is 11.7 Å². The SMILES string of the molecule is O=C(CN1CCc2ccc(C(F)(F)F)cc2C1)NC1CN(C2CCCOCC2)C[C@@H]1OC1CCc2ccncc21. The van der Waals surface area contributed by atoms with Crippen LogP contribution in [0.5, 0.6) is 0 Å². The minimum Gasteiger partial charge on any atom is -0.381 e. The summed E-state index contributed by atoms with van der Waals surface area (Å²) < 4.78 is 52.1. The third kappa shape index (κ3) is 6.20. The van der Waals surface area contributed by atoms with Gasteiger partial charge in [-0.15, -0.1) is 0 Å². The largest absolute Gasteiger partial charge is 0.416 e. The number of halogens is 3. The number of rotatable bonds is 6. The molecule has 1 aromatic carbocycles. The number of hydrogen-bond donors (Lipinski definition) is 1. The van der Waals surface area contributed by atoms with Crippen molar-refractivity contribution in [1.82, 2.24) is 20.1 Å². The summed E-state index contributed by atoms with van der Waals surface area (Å²) in [4.78, 5) is 22.0. The molecule has 4 heterocycles. The van der Waals surface area contributed by atoms with E-state index in [1.165, 1.54) is 11.6 Å². The average molecular weight is 559 g/mol. The summed E-state index contributed by atoms with van der Waals surface area (Å²) in [5.74, 6) is -0.117. The lowest BCUT2D eigenvalue weighted by Crippen LogP contribution is -2.48. The fourth-order valence-electron chi connectivity index (χ4n) is 6.76. The van der Waals surface area contributed by atoms with Crippen LogP contribution < -0.4 is 5.32 Å². The number of pyridine rings is 1. The van der Waals surface area contributed by atoms with E-state index >= 15 is 0 Å². The van der Waals surface area contributed by atoms with E-state index in [4.69, 9.17) is 9.47 Å². The summed E-state index contributed by atoms with van der Waals surface area (Å²) in [5.41, 5.74) is 3.33. The lowest BCUT2D eigenvalue weighted by molar-refractivity contribution is -0.137. The second-order valence-corrected chi connectivity index (χ2v) is 11.5. The highest BCUT2D eigenvalue weighted by Gasteiger charge is 2.40. The van der Waals surface area contributed by atoms with Crippen LogP contribution in [0.25, 0.3) is 0 Å². The van der Waals surface area contributed by atoms with Gasteiger partial charge in [0, 0.05) is 63.4 Å². The van der Waals surface area contributed by atoms with Crippen molar-refractivity contribution < 1.29 is 27.4 Å². The summed E-state index contributed by atoms with van der Waals surface area (Å²) in [6, 6.07) is 6.23. The van der Waals surface area contributed by atoms with Crippen LogP contribution in [-0.2, 0) is 39.8 Å². The predicted molar refractivity (Wildman–Crippen MR) is 143 cm³/mol. The summed E-state index contributed by atoms with van der Waals surface area (Å²) in [6.07, 6.45) is 4.70. The van der Waals surface area contributed by atoms with Gasteiger partial charge >= 0.3 is 6.18 Å². The first-order chi connectivity index (χ1) is 19.3. The van der Waals surface area contributed by atoms with Crippen LogP contribution in [0.2, 0.25) is 0 Å². The summed E-state index contributed by atoms with van der Waals surface area (Å²) in [5, 5.41) is 3.24. The van der Waals surface area contributed by atoms with Crippen molar-refractivity contribution in [2.45, 2.75) is 75.5 Å². The lowest BCUT2D eigenvalue weighted by Gasteiger charge is -2.30. The fraction of sp³-hybridized carbons (Fsp3) is 0.600. The monoisotopic (exact) mass is 558 g/mol. The number of aromatic nitrogens is 1. The maximum absolute atomic E-state index is 13.3. The Morgan fingerprint density at radius 1 is 1.07 bits per heavy atom. The Hall–Kier alpha value is -2.53. The first-order valence-corrected chi connectivity index (χ1v) is 14.4. The van der Waals surface area contributed by atoms with E-state index in [9.17, 15) is 18.0 Å². The number of ether oxygens (including phenoxy) is 2. The van der Waals surface area contributed by atoms with Gasteiger partial charge in [0.05, 0.1) is 30.4 Å². The van der Waals surface area contributed by atoms with Crippen molar-refractivity contribution in [3.8, 4) is 0 Å². The second-order valence-electron chi connectivity index (χ2n) is 11.5. The molecular weight excluding hydrogens is 521 g/mol. The summed E-state index contributed by atoms with van der Waals surface area (Å²) >= 11 is 0. The molecule has 216 valence electrons. The molecule has 40 heavy (non-hydrogen) atoms. The highest BCUT2D eigenvalue weighted by molar-refractivity contribution is 5.78. The van der Waals surface area contributed by atoms with Crippen molar-refractivity contribution in [2.75, 3.05) is 39.4 Å². The van der Waals surface area contributed by atoms with Crippen LogP contribution in [0.15, 0.2) is 36.7 Å². The van der Waals surface area contributed by atoms with E-state index in [1.54, 1.807) is 6.07 Å². The van der Waals surface area contributed by atoms with E-state index in [-0.39, 0.29) is 30.7 Å². The number of carbonyl (C=O) groups is 1. The number of carbonyl (C=O) groups excluding carboxylic acids is 1. The van der Waals surface area contributed by atoms with Crippen LogP contribution in [0.1, 0.15) is 59.6 Å². The minimum absolute atomic E-state index is 0.0352. The molecule has 6 rings (SSSR count). The van der Waals surface area contributed by atoms with Crippen molar-refractivity contribution in [3.05, 3.63) is 64.5 Å². The zero-order chi connectivity index (χ0) is 27.7.